The van der Waals surface area contributed by atoms with E-state index in [0.717, 1.165) is 24.3 Å². The number of esters is 4. The smallest absolute Gasteiger partial charge is 0.330 e. The van der Waals surface area contributed by atoms with Crippen LogP contribution in [0.5, 0.6) is 0 Å². The summed E-state index contributed by atoms with van der Waals surface area (Å²) in [4.78, 5) is 46.3. The highest BCUT2D eigenvalue weighted by molar-refractivity contribution is 5.82. The summed E-state index contributed by atoms with van der Waals surface area (Å²) in [7, 11) is 0. The second kappa shape index (κ2) is 15.6. The van der Waals surface area contributed by atoms with Gasteiger partial charge in [0.1, 0.15) is 26.4 Å². The summed E-state index contributed by atoms with van der Waals surface area (Å²) >= 11 is 0. The molecular formula is C24H34O9. The van der Waals surface area contributed by atoms with Gasteiger partial charge < -0.3 is 23.7 Å². The van der Waals surface area contributed by atoms with Crippen molar-refractivity contribution < 1.29 is 42.9 Å². The first-order chi connectivity index (χ1) is 15.6. The van der Waals surface area contributed by atoms with E-state index in [2.05, 4.69) is 26.3 Å². The highest BCUT2D eigenvalue weighted by atomic mass is 16.6. The Balaban J connectivity index is 5.50. The molecule has 0 amide bonds. The molecule has 0 radical (unpaired) electrons. The van der Waals surface area contributed by atoms with Crippen LogP contribution in [0.25, 0.3) is 0 Å². The second-order valence-electron chi connectivity index (χ2n) is 7.45. The van der Waals surface area contributed by atoms with Gasteiger partial charge in [-0.05, 0) is 12.8 Å². The second-order valence-corrected chi connectivity index (χ2v) is 7.45. The van der Waals surface area contributed by atoms with Gasteiger partial charge in [0.15, 0.2) is 0 Å². The van der Waals surface area contributed by atoms with E-state index in [1.165, 1.54) is 0 Å². The van der Waals surface area contributed by atoms with E-state index >= 15 is 0 Å². The summed E-state index contributed by atoms with van der Waals surface area (Å²) in [5.74, 6) is -2.51. The standard InChI is InChI=1S/C24H34O9/c1-7-19(25)30-15-23(11-5,16-31-20(26)8-2)13-29-14-24(12-6,17-32-21(27)9-3)18-33-22(28)10-4/h7-10H,1-4,11-18H2,5-6H3. The molecule has 0 aromatic carbocycles. The first-order valence-electron chi connectivity index (χ1n) is 10.4. The number of rotatable bonds is 18. The molecular weight excluding hydrogens is 432 g/mol. The molecule has 184 valence electrons. The molecule has 0 heterocycles. The van der Waals surface area contributed by atoms with Crippen molar-refractivity contribution in [2.45, 2.75) is 26.7 Å². The van der Waals surface area contributed by atoms with Crippen LogP contribution in [-0.4, -0.2) is 63.5 Å². The van der Waals surface area contributed by atoms with Crippen molar-refractivity contribution in [3.05, 3.63) is 50.6 Å². The van der Waals surface area contributed by atoms with Gasteiger partial charge in [0, 0.05) is 24.3 Å². The Morgan fingerprint density at radius 3 is 0.970 bits per heavy atom. The molecule has 9 heteroatoms. The third-order valence-electron chi connectivity index (χ3n) is 5.07. The van der Waals surface area contributed by atoms with Crippen LogP contribution in [0.3, 0.4) is 0 Å². The zero-order valence-corrected chi connectivity index (χ0v) is 19.5. The highest BCUT2D eigenvalue weighted by Crippen LogP contribution is 2.28. The number of hydrogen-bond acceptors (Lipinski definition) is 9. The molecule has 0 bridgehead atoms. The molecule has 0 aliphatic carbocycles. The molecule has 0 aromatic rings. The Kier molecular flexibility index (Phi) is 14.1. The van der Waals surface area contributed by atoms with Gasteiger partial charge in [-0.15, -0.1) is 0 Å². The predicted octanol–water partition coefficient (Wildman–Crippen LogP) is 2.71. The van der Waals surface area contributed by atoms with Crippen molar-refractivity contribution >= 4 is 23.9 Å². The number of ether oxygens (including phenoxy) is 5. The fourth-order valence-electron chi connectivity index (χ4n) is 2.48. The van der Waals surface area contributed by atoms with Crippen molar-refractivity contribution in [2.24, 2.45) is 10.8 Å². The van der Waals surface area contributed by atoms with Gasteiger partial charge in [-0.2, -0.15) is 0 Å². The Bertz CT molecular complexity index is 615. The normalized spacial score (nSPS) is 11.0. The topological polar surface area (TPSA) is 114 Å². The van der Waals surface area contributed by atoms with E-state index in [-0.39, 0.29) is 39.6 Å². The third-order valence-corrected chi connectivity index (χ3v) is 5.07. The zero-order valence-electron chi connectivity index (χ0n) is 19.5. The van der Waals surface area contributed by atoms with Gasteiger partial charge in [-0.25, -0.2) is 19.2 Å². The molecule has 33 heavy (non-hydrogen) atoms. The maximum Gasteiger partial charge on any atom is 0.330 e. The summed E-state index contributed by atoms with van der Waals surface area (Å²) in [6, 6.07) is 0. The lowest BCUT2D eigenvalue weighted by atomic mass is 9.86. The molecule has 0 saturated heterocycles. The van der Waals surface area contributed by atoms with Crippen LogP contribution >= 0.6 is 0 Å². The van der Waals surface area contributed by atoms with Gasteiger partial charge in [-0.1, -0.05) is 40.2 Å². The monoisotopic (exact) mass is 466 g/mol. The molecule has 0 fully saturated rings. The molecule has 0 spiro atoms. The molecule has 0 rings (SSSR count). The van der Waals surface area contributed by atoms with E-state index in [4.69, 9.17) is 23.7 Å². The molecule has 0 N–H and O–H groups in total. The van der Waals surface area contributed by atoms with E-state index in [1.807, 2.05) is 13.8 Å². The fraction of sp³-hybridized carbons (Fsp3) is 0.500. The molecule has 0 aromatic heterocycles. The lowest BCUT2D eigenvalue weighted by Gasteiger charge is -2.35. The molecule has 0 aliphatic rings. The summed E-state index contributed by atoms with van der Waals surface area (Å²) in [5, 5.41) is 0. The lowest BCUT2D eigenvalue weighted by molar-refractivity contribution is -0.157. The highest BCUT2D eigenvalue weighted by Gasteiger charge is 2.36. The van der Waals surface area contributed by atoms with Gasteiger partial charge in [0.25, 0.3) is 0 Å². The maximum atomic E-state index is 11.6. The fourth-order valence-corrected chi connectivity index (χ4v) is 2.48. The van der Waals surface area contributed by atoms with E-state index in [9.17, 15) is 19.2 Å². The molecule has 9 nitrogen and oxygen atoms in total. The molecule has 0 aliphatic heterocycles. The summed E-state index contributed by atoms with van der Waals surface area (Å²) in [6.07, 6.45) is 5.00. The van der Waals surface area contributed by atoms with Gasteiger partial charge in [-0.3, -0.25) is 0 Å². The van der Waals surface area contributed by atoms with Crippen LogP contribution in [0.4, 0.5) is 0 Å². The minimum atomic E-state index is -0.855. The Morgan fingerprint density at radius 1 is 0.545 bits per heavy atom. The van der Waals surface area contributed by atoms with Crippen LogP contribution in [0.2, 0.25) is 0 Å². The first kappa shape index (κ1) is 29.8. The van der Waals surface area contributed by atoms with Crippen molar-refractivity contribution in [1.29, 1.82) is 0 Å². The maximum absolute atomic E-state index is 11.6. The van der Waals surface area contributed by atoms with E-state index in [1.54, 1.807) is 0 Å². The summed E-state index contributed by atoms with van der Waals surface area (Å²) in [6.45, 7) is 16.8. The van der Waals surface area contributed by atoms with Crippen molar-refractivity contribution in [3.63, 3.8) is 0 Å². The summed E-state index contributed by atoms with van der Waals surface area (Å²) < 4.78 is 26.7. The van der Waals surface area contributed by atoms with Gasteiger partial charge >= 0.3 is 23.9 Å². The average molecular weight is 467 g/mol. The van der Waals surface area contributed by atoms with Crippen LogP contribution in [0, 0.1) is 10.8 Å². The number of hydrogen-bond donors (Lipinski definition) is 0. The van der Waals surface area contributed by atoms with Gasteiger partial charge in [0.2, 0.25) is 0 Å². The Morgan fingerprint density at radius 2 is 0.788 bits per heavy atom. The van der Waals surface area contributed by atoms with Gasteiger partial charge in [0.05, 0.1) is 24.0 Å². The van der Waals surface area contributed by atoms with Crippen LogP contribution < -0.4 is 0 Å². The lowest BCUT2D eigenvalue weighted by Crippen LogP contribution is -2.42. The SMILES string of the molecule is C=CC(=O)OCC(CC)(COCC(CC)(COC(=O)C=C)COC(=O)C=C)COC(=O)C=C. The van der Waals surface area contributed by atoms with Crippen LogP contribution in [0.1, 0.15) is 26.7 Å². The minimum Gasteiger partial charge on any atom is -0.462 e. The zero-order chi connectivity index (χ0) is 25.3. The Hall–Kier alpha value is -3.20. The quantitative estimate of drug-likeness (QED) is 0.171. The Labute approximate surface area is 195 Å². The average Bonchev–Trinajstić information content (AvgIpc) is 2.85. The first-order valence-corrected chi connectivity index (χ1v) is 10.4. The molecule has 0 saturated carbocycles. The number of carbonyl (C=O) groups excluding carboxylic acids is 4. The van der Waals surface area contributed by atoms with Crippen LogP contribution in [0.15, 0.2) is 50.6 Å². The predicted molar refractivity (Wildman–Crippen MR) is 121 cm³/mol. The van der Waals surface area contributed by atoms with Crippen molar-refractivity contribution in [1.82, 2.24) is 0 Å². The van der Waals surface area contributed by atoms with E-state index in [0.29, 0.717) is 12.8 Å². The van der Waals surface area contributed by atoms with Crippen molar-refractivity contribution in [3.8, 4) is 0 Å². The minimum absolute atomic E-state index is 0.0326. The molecule has 0 unspecified atom stereocenters. The molecule has 0 atom stereocenters. The van der Waals surface area contributed by atoms with E-state index < -0.39 is 34.7 Å². The number of carbonyl (C=O) groups is 4. The van der Waals surface area contributed by atoms with Crippen LogP contribution in [-0.2, 0) is 42.9 Å². The summed E-state index contributed by atoms with van der Waals surface area (Å²) in [5.41, 5.74) is -1.71. The third kappa shape index (κ3) is 11.3. The van der Waals surface area contributed by atoms with Crippen molar-refractivity contribution in [2.75, 3.05) is 39.6 Å². The largest absolute Gasteiger partial charge is 0.462 e.